The van der Waals surface area contributed by atoms with E-state index in [-0.39, 0.29) is 0 Å². The van der Waals surface area contributed by atoms with Crippen LogP contribution >= 0.6 is 0 Å². The lowest BCUT2D eigenvalue weighted by molar-refractivity contribution is 0.245. The van der Waals surface area contributed by atoms with Crippen molar-refractivity contribution in [1.29, 1.82) is 0 Å². The summed E-state index contributed by atoms with van der Waals surface area (Å²) in [4.78, 5) is 3.90. The van der Waals surface area contributed by atoms with Gasteiger partial charge in [-0.25, -0.2) is 4.98 Å². The van der Waals surface area contributed by atoms with E-state index in [1.165, 1.54) is 0 Å². The Balaban J connectivity index is 2.71. The summed E-state index contributed by atoms with van der Waals surface area (Å²) in [5, 5.41) is 8.94. The fourth-order valence-electron chi connectivity index (χ4n) is 0.766. The van der Waals surface area contributed by atoms with Gasteiger partial charge in [0.05, 0.1) is 6.10 Å². The Hall–Kier alpha value is -1.35. The third kappa shape index (κ3) is 2.72. The zero-order valence-electron chi connectivity index (χ0n) is 6.94. The standard InChI is InChI=1S/C9H12N2O/c1-7(12)2-3-8-4-5-9(10)11-6-8/h2-7,12H,1H3,(H2,10,11)/b3-2+. The highest BCUT2D eigenvalue weighted by Crippen LogP contribution is 2.03. The van der Waals surface area contributed by atoms with Gasteiger partial charge in [0.2, 0.25) is 0 Å². The van der Waals surface area contributed by atoms with Crippen LogP contribution in [0.15, 0.2) is 24.4 Å². The van der Waals surface area contributed by atoms with Gasteiger partial charge in [-0.05, 0) is 24.6 Å². The topological polar surface area (TPSA) is 59.1 Å². The molecule has 0 spiro atoms. The predicted molar refractivity (Wildman–Crippen MR) is 49.4 cm³/mol. The molecule has 3 heteroatoms. The maximum Gasteiger partial charge on any atom is 0.123 e. The van der Waals surface area contributed by atoms with E-state index >= 15 is 0 Å². The number of pyridine rings is 1. The third-order valence-electron chi connectivity index (χ3n) is 1.38. The smallest absolute Gasteiger partial charge is 0.123 e. The highest BCUT2D eigenvalue weighted by Gasteiger charge is 1.89. The Morgan fingerprint density at radius 1 is 1.58 bits per heavy atom. The average Bonchev–Trinajstić information content (AvgIpc) is 2.03. The molecule has 0 aliphatic rings. The number of nitrogen functional groups attached to an aromatic ring is 1. The lowest BCUT2D eigenvalue weighted by Gasteiger charge is -1.95. The first-order chi connectivity index (χ1) is 5.68. The maximum atomic E-state index is 8.94. The Labute approximate surface area is 71.6 Å². The zero-order chi connectivity index (χ0) is 8.97. The number of rotatable bonds is 2. The molecule has 1 aromatic rings. The molecule has 1 rings (SSSR count). The van der Waals surface area contributed by atoms with Crippen molar-refractivity contribution in [3.8, 4) is 0 Å². The maximum absolute atomic E-state index is 8.94. The summed E-state index contributed by atoms with van der Waals surface area (Å²) in [7, 11) is 0. The first-order valence-corrected chi connectivity index (χ1v) is 3.76. The number of hydrogen-bond acceptors (Lipinski definition) is 3. The number of nitrogens with two attached hydrogens (primary N) is 1. The van der Waals surface area contributed by atoms with Crippen LogP contribution in [0.2, 0.25) is 0 Å². The van der Waals surface area contributed by atoms with Crippen molar-refractivity contribution >= 4 is 11.9 Å². The molecule has 0 radical (unpaired) electrons. The van der Waals surface area contributed by atoms with Crippen molar-refractivity contribution in [1.82, 2.24) is 4.98 Å². The van der Waals surface area contributed by atoms with Gasteiger partial charge in [0.15, 0.2) is 0 Å². The van der Waals surface area contributed by atoms with Gasteiger partial charge in [-0.3, -0.25) is 0 Å². The molecule has 0 saturated carbocycles. The second-order valence-electron chi connectivity index (χ2n) is 2.62. The molecule has 3 nitrogen and oxygen atoms in total. The monoisotopic (exact) mass is 164 g/mol. The minimum Gasteiger partial charge on any atom is -0.389 e. The molecule has 1 aromatic heterocycles. The number of hydrogen-bond donors (Lipinski definition) is 2. The van der Waals surface area contributed by atoms with Crippen LogP contribution < -0.4 is 5.73 Å². The Morgan fingerprint density at radius 3 is 2.83 bits per heavy atom. The molecular weight excluding hydrogens is 152 g/mol. The van der Waals surface area contributed by atoms with Gasteiger partial charge in [0.1, 0.15) is 5.82 Å². The number of anilines is 1. The summed E-state index contributed by atoms with van der Waals surface area (Å²) < 4.78 is 0. The van der Waals surface area contributed by atoms with Crippen LogP contribution in [0.1, 0.15) is 12.5 Å². The number of aliphatic hydroxyl groups excluding tert-OH is 1. The minimum atomic E-state index is -0.428. The fourth-order valence-corrected chi connectivity index (χ4v) is 0.766. The van der Waals surface area contributed by atoms with E-state index in [1.807, 2.05) is 6.07 Å². The molecule has 64 valence electrons. The summed E-state index contributed by atoms with van der Waals surface area (Å²) in [6.07, 6.45) is 4.72. The van der Waals surface area contributed by atoms with Crippen LogP contribution in [0.25, 0.3) is 6.08 Å². The summed E-state index contributed by atoms with van der Waals surface area (Å²) in [6, 6.07) is 3.57. The van der Waals surface area contributed by atoms with Gasteiger partial charge in [0.25, 0.3) is 0 Å². The van der Waals surface area contributed by atoms with Crippen molar-refractivity contribution in [2.75, 3.05) is 5.73 Å². The zero-order valence-corrected chi connectivity index (χ0v) is 6.94. The van der Waals surface area contributed by atoms with Crippen molar-refractivity contribution < 1.29 is 5.11 Å². The largest absolute Gasteiger partial charge is 0.389 e. The molecule has 0 bridgehead atoms. The molecular formula is C9H12N2O. The van der Waals surface area contributed by atoms with Crippen molar-refractivity contribution in [2.45, 2.75) is 13.0 Å². The van der Waals surface area contributed by atoms with E-state index in [2.05, 4.69) is 4.98 Å². The van der Waals surface area contributed by atoms with Crippen molar-refractivity contribution in [2.24, 2.45) is 0 Å². The first kappa shape index (κ1) is 8.74. The van der Waals surface area contributed by atoms with Gasteiger partial charge in [0, 0.05) is 6.20 Å². The summed E-state index contributed by atoms with van der Waals surface area (Å²) in [5.41, 5.74) is 6.33. The molecule has 0 saturated heterocycles. The number of nitrogens with zero attached hydrogens (tertiary/aromatic N) is 1. The van der Waals surface area contributed by atoms with E-state index in [0.29, 0.717) is 5.82 Å². The lowest BCUT2D eigenvalue weighted by atomic mass is 10.2. The van der Waals surface area contributed by atoms with E-state index in [1.54, 1.807) is 31.3 Å². The molecule has 0 fully saturated rings. The quantitative estimate of drug-likeness (QED) is 0.687. The normalized spacial score (nSPS) is 13.5. The van der Waals surface area contributed by atoms with Crippen molar-refractivity contribution in [3.63, 3.8) is 0 Å². The Morgan fingerprint density at radius 2 is 2.33 bits per heavy atom. The lowest BCUT2D eigenvalue weighted by Crippen LogP contribution is -1.92. The summed E-state index contributed by atoms with van der Waals surface area (Å²) >= 11 is 0. The van der Waals surface area contributed by atoms with Gasteiger partial charge < -0.3 is 10.8 Å². The van der Waals surface area contributed by atoms with Crippen LogP contribution in [0.4, 0.5) is 5.82 Å². The molecule has 1 unspecified atom stereocenters. The number of aliphatic hydroxyl groups is 1. The van der Waals surface area contributed by atoms with Gasteiger partial charge in [-0.1, -0.05) is 12.2 Å². The van der Waals surface area contributed by atoms with Gasteiger partial charge in [-0.2, -0.15) is 0 Å². The molecule has 12 heavy (non-hydrogen) atoms. The van der Waals surface area contributed by atoms with Crippen LogP contribution in [-0.4, -0.2) is 16.2 Å². The van der Waals surface area contributed by atoms with E-state index in [0.717, 1.165) is 5.56 Å². The minimum absolute atomic E-state index is 0.428. The molecule has 0 aliphatic heterocycles. The molecule has 1 atom stereocenters. The van der Waals surface area contributed by atoms with Gasteiger partial charge >= 0.3 is 0 Å². The van der Waals surface area contributed by atoms with Crippen LogP contribution in [0.5, 0.6) is 0 Å². The average molecular weight is 164 g/mol. The van der Waals surface area contributed by atoms with Crippen molar-refractivity contribution in [3.05, 3.63) is 30.0 Å². The second kappa shape index (κ2) is 3.88. The molecule has 3 N–H and O–H groups in total. The fraction of sp³-hybridized carbons (Fsp3) is 0.222. The van der Waals surface area contributed by atoms with Crippen LogP contribution in [0, 0.1) is 0 Å². The highest BCUT2D eigenvalue weighted by atomic mass is 16.3. The Kier molecular flexibility index (Phi) is 2.82. The third-order valence-corrected chi connectivity index (χ3v) is 1.38. The molecule has 0 amide bonds. The molecule has 1 heterocycles. The highest BCUT2D eigenvalue weighted by molar-refractivity contribution is 5.50. The van der Waals surface area contributed by atoms with E-state index < -0.39 is 6.10 Å². The first-order valence-electron chi connectivity index (χ1n) is 3.76. The summed E-state index contributed by atoms with van der Waals surface area (Å²) in [6.45, 7) is 1.70. The van der Waals surface area contributed by atoms with E-state index in [4.69, 9.17) is 10.8 Å². The predicted octanol–water partition coefficient (Wildman–Crippen LogP) is 1.06. The molecule has 0 aromatic carbocycles. The van der Waals surface area contributed by atoms with E-state index in [9.17, 15) is 0 Å². The Bertz CT molecular complexity index is 264. The SMILES string of the molecule is CC(O)/C=C/c1ccc(N)nc1. The van der Waals surface area contributed by atoms with Gasteiger partial charge in [-0.15, -0.1) is 0 Å². The van der Waals surface area contributed by atoms with Crippen LogP contribution in [0.3, 0.4) is 0 Å². The second-order valence-corrected chi connectivity index (χ2v) is 2.62. The summed E-state index contributed by atoms with van der Waals surface area (Å²) in [5.74, 6) is 0.504. The molecule has 0 aliphatic carbocycles. The number of aromatic nitrogens is 1. The van der Waals surface area contributed by atoms with Crippen LogP contribution in [-0.2, 0) is 0 Å².